The van der Waals surface area contributed by atoms with Crippen LogP contribution in [-0.2, 0) is 0 Å². The average Bonchev–Trinajstić information content (AvgIpc) is 3.74. The van der Waals surface area contributed by atoms with Gasteiger partial charge in [0.05, 0.1) is 11.0 Å². The van der Waals surface area contributed by atoms with Gasteiger partial charge < -0.3 is 4.42 Å². The van der Waals surface area contributed by atoms with Crippen LogP contribution in [0.25, 0.3) is 94.9 Å². The maximum Gasteiger partial charge on any atom is 0.238 e. The number of fused-ring (bicyclic) bond motifs is 6. The Morgan fingerprint density at radius 2 is 1.06 bits per heavy atom. The van der Waals surface area contributed by atoms with Crippen LogP contribution in [0.5, 0.6) is 0 Å². The number of benzene rings is 6. The third-order valence-corrected chi connectivity index (χ3v) is 9.36. The molecule has 0 unspecified atom stereocenters. The maximum absolute atomic E-state index is 6.07. The van der Waals surface area contributed by atoms with E-state index in [0.717, 1.165) is 71.5 Å². The van der Waals surface area contributed by atoms with E-state index in [2.05, 4.69) is 143 Å². The Kier molecular flexibility index (Phi) is 6.39. The highest BCUT2D eigenvalue weighted by atomic mass is 16.3. The van der Waals surface area contributed by atoms with Crippen molar-refractivity contribution >= 4 is 43.9 Å². The summed E-state index contributed by atoms with van der Waals surface area (Å²) >= 11 is 0. The molecule has 0 amide bonds. The van der Waals surface area contributed by atoms with Crippen molar-refractivity contribution in [1.82, 2.24) is 24.5 Å². The van der Waals surface area contributed by atoms with Crippen molar-refractivity contribution in [1.29, 1.82) is 0 Å². The molecule has 0 aliphatic carbocycles. The number of hydrogen-bond acceptors (Lipinski definition) is 5. The molecule has 4 heterocycles. The molecule has 10 rings (SSSR count). The van der Waals surface area contributed by atoms with Crippen molar-refractivity contribution in [3.63, 3.8) is 0 Å². The van der Waals surface area contributed by atoms with Gasteiger partial charge in [-0.25, -0.2) is 9.97 Å². The molecule has 234 valence electrons. The number of para-hydroxylation sites is 2. The van der Waals surface area contributed by atoms with Gasteiger partial charge in [0.2, 0.25) is 11.7 Å². The summed E-state index contributed by atoms with van der Waals surface area (Å²) in [6.45, 7) is 0. The summed E-state index contributed by atoms with van der Waals surface area (Å²) in [5, 5.41) is 4.35. The van der Waals surface area contributed by atoms with Crippen LogP contribution >= 0.6 is 0 Å². The second-order valence-electron chi connectivity index (χ2n) is 12.3. The number of hydrogen-bond donors (Lipinski definition) is 0. The van der Waals surface area contributed by atoms with Crippen molar-refractivity contribution in [2.75, 3.05) is 0 Å². The molecule has 0 N–H and O–H groups in total. The molecule has 0 bridgehead atoms. The fourth-order valence-corrected chi connectivity index (χ4v) is 7.03. The van der Waals surface area contributed by atoms with Gasteiger partial charge in [-0.1, -0.05) is 121 Å². The molecule has 0 spiro atoms. The van der Waals surface area contributed by atoms with E-state index in [1.165, 1.54) is 0 Å². The summed E-state index contributed by atoms with van der Waals surface area (Å²) in [6.07, 6.45) is 1.76. The summed E-state index contributed by atoms with van der Waals surface area (Å²) in [5.74, 6) is 1.77. The highest BCUT2D eigenvalue weighted by Crippen LogP contribution is 2.37. The third kappa shape index (κ3) is 4.58. The zero-order valence-corrected chi connectivity index (χ0v) is 26.7. The molecule has 0 fully saturated rings. The van der Waals surface area contributed by atoms with Crippen LogP contribution in [0.4, 0.5) is 0 Å². The summed E-state index contributed by atoms with van der Waals surface area (Å²) in [5.41, 5.74) is 9.74. The van der Waals surface area contributed by atoms with Crippen molar-refractivity contribution in [2.24, 2.45) is 0 Å². The van der Waals surface area contributed by atoms with E-state index >= 15 is 0 Å². The quantitative estimate of drug-likeness (QED) is 0.187. The average molecular weight is 642 g/mol. The van der Waals surface area contributed by atoms with E-state index in [1.807, 2.05) is 24.3 Å². The van der Waals surface area contributed by atoms with Crippen LogP contribution in [-0.4, -0.2) is 24.5 Å². The first-order chi connectivity index (χ1) is 24.8. The Bertz CT molecular complexity index is 2820. The number of aromatic nitrogens is 5. The molecule has 6 heteroatoms. The van der Waals surface area contributed by atoms with Gasteiger partial charge >= 0.3 is 0 Å². The predicted octanol–water partition coefficient (Wildman–Crippen LogP) is 10.9. The molecule has 0 aliphatic heterocycles. The van der Waals surface area contributed by atoms with E-state index < -0.39 is 0 Å². The fraction of sp³-hybridized carbons (Fsp3) is 0. The van der Waals surface area contributed by atoms with Crippen LogP contribution in [0.15, 0.2) is 168 Å². The van der Waals surface area contributed by atoms with Crippen LogP contribution in [0.3, 0.4) is 0 Å². The minimum Gasteiger partial charge on any atom is -0.438 e. The molecule has 10 aromatic rings. The summed E-state index contributed by atoms with van der Waals surface area (Å²) in [6, 6.07) is 54.1. The third-order valence-electron chi connectivity index (χ3n) is 9.36. The number of furan rings is 1. The lowest BCUT2D eigenvalue weighted by molar-refractivity contribution is 0.654. The lowest BCUT2D eigenvalue weighted by atomic mass is 9.99. The zero-order valence-electron chi connectivity index (χ0n) is 26.7. The van der Waals surface area contributed by atoms with Crippen molar-refractivity contribution in [2.45, 2.75) is 0 Å². The van der Waals surface area contributed by atoms with E-state index in [0.29, 0.717) is 23.3 Å². The smallest absolute Gasteiger partial charge is 0.238 e. The molecule has 6 aromatic carbocycles. The Hall–Kier alpha value is -6.92. The predicted molar refractivity (Wildman–Crippen MR) is 201 cm³/mol. The highest BCUT2D eigenvalue weighted by molar-refractivity contribution is 6.11. The number of nitrogens with zero attached hydrogens (tertiary/aromatic N) is 5. The lowest BCUT2D eigenvalue weighted by Gasteiger charge is -2.12. The molecular weight excluding hydrogens is 615 g/mol. The minimum absolute atomic E-state index is 0.568. The van der Waals surface area contributed by atoms with Crippen molar-refractivity contribution in [3.05, 3.63) is 164 Å². The standard InChI is InChI=1S/C44H27N5O/c1-2-11-28(12-3-1)31-13-8-14-32(27-31)42-46-41(47-44(48-42)49-37-19-6-4-15-34(37)35-16-5-7-20-38(35)49)30-24-22-29(23-25-30)33-17-9-21-39-40(33)36-18-10-26-45-43(36)50-39/h1-27H. The molecule has 0 saturated carbocycles. The minimum atomic E-state index is 0.568. The molecule has 0 aliphatic rings. The van der Waals surface area contributed by atoms with Crippen LogP contribution in [0, 0.1) is 0 Å². The van der Waals surface area contributed by atoms with Gasteiger partial charge in [0.15, 0.2) is 11.6 Å². The van der Waals surface area contributed by atoms with Crippen LogP contribution < -0.4 is 0 Å². The Balaban J connectivity index is 1.16. The molecule has 0 atom stereocenters. The number of rotatable bonds is 5. The van der Waals surface area contributed by atoms with Gasteiger partial charge in [0, 0.05) is 38.9 Å². The van der Waals surface area contributed by atoms with Crippen molar-refractivity contribution < 1.29 is 4.42 Å². The van der Waals surface area contributed by atoms with E-state index in [9.17, 15) is 0 Å². The SMILES string of the molecule is c1ccc(-c2cccc(-c3nc(-c4ccc(-c5cccc6oc7ncccc7c56)cc4)nc(-n4c5ccccc5c5ccccc54)n3)c2)cc1. The monoisotopic (exact) mass is 641 g/mol. The summed E-state index contributed by atoms with van der Waals surface area (Å²) in [4.78, 5) is 19.9. The molecular formula is C44H27N5O. The summed E-state index contributed by atoms with van der Waals surface area (Å²) < 4.78 is 8.21. The normalized spacial score (nSPS) is 11.6. The van der Waals surface area contributed by atoms with Crippen LogP contribution in [0.2, 0.25) is 0 Å². The summed E-state index contributed by atoms with van der Waals surface area (Å²) in [7, 11) is 0. The Morgan fingerprint density at radius 3 is 1.84 bits per heavy atom. The Morgan fingerprint density at radius 1 is 0.440 bits per heavy atom. The van der Waals surface area contributed by atoms with Gasteiger partial charge in [-0.15, -0.1) is 0 Å². The van der Waals surface area contributed by atoms with Gasteiger partial charge in [-0.05, 0) is 58.7 Å². The first kappa shape index (κ1) is 28.1. The van der Waals surface area contributed by atoms with Gasteiger partial charge in [-0.2, -0.15) is 9.97 Å². The van der Waals surface area contributed by atoms with E-state index in [1.54, 1.807) is 6.20 Å². The van der Waals surface area contributed by atoms with Gasteiger partial charge in [0.25, 0.3) is 0 Å². The fourth-order valence-electron chi connectivity index (χ4n) is 7.03. The first-order valence-electron chi connectivity index (χ1n) is 16.6. The molecule has 4 aromatic heterocycles. The highest BCUT2D eigenvalue weighted by Gasteiger charge is 2.18. The first-order valence-corrected chi connectivity index (χ1v) is 16.6. The second-order valence-corrected chi connectivity index (χ2v) is 12.3. The Labute approximate surface area is 287 Å². The van der Waals surface area contributed by atoms with Crippen molar-refractivity contribution in [3.8, 4) is 51.0 Å². The van der Waals surface area contributed by atoms with Gasteiger partial charge in [0.1, 0.15) is 5.58 Å². The maximum atomic E-state index is 6.07. The van der Waals surface area contributed by atoms with E-state index in [4.69, 9.17) is 19.4 Å². The zero-order chi connectivity index (χ0) is 33.0. The largest absolute Gasteiger partial charge is 0.438 e. The molecule has 0 radical (unpaired) electrons. The molecule has 6 nitrogen and oxygen atoms in total. The molecule has 0 saturated heterocycles. The van der Waals surface area contributed by atoms with Gasteiger partial charge in [-0.3, -0.25) is 4.57 Å². The lowest BCUT2D eigenvalue weighted by Crippen LogP contribution is -2.06. The second kappa shape index (κ2) is 11.4. The topological polar surface area (TPSA) is 69.6 Å². The van der Waals surface area contributed by atoms with E-state index in [-0.39, 0.29) is 0 Å². The number of pyridine rings is 1. The van der Waals surface area contributed by atoms with Crippen LogP contribution in [0.1, 0.15) is 0 Å². The molecule has 50 heavy (non-hydrogen) atoms.